The van der Waals surface area contributed by atoms with E-state index >= 15 is 0 Å². The Balaban J connectivity index is 0.000000153. The highest BCUT2D eigenvalue weighted by molar-refractivity contribution is 6.65. The van der Waals surface area contributed by atoms with Gasteiger partial charge < -0.3 is 4.12 Å². The molecule has 0 spiro atoms. The molecule has 0 saturated carbocycles. The molecule has 15 heavy (non-hydrogen) atoms. The van der Waals surface area contributed by atoms with E-state index in [9.17, 15) is 0 Å². The lowest BCUT2D eigenvalue weighted by atomic mass is 9.89. The molecule has 1 aliphatic carbocycles. The first-order chi connectivity index (χ1) is 7.31. The molecule has 1 aliphatic rings. The van der Waals surface area contributed by atoms with Gasteiger partial charge in [0, 0.05) is 0 Å². The van der Waals surface area contributed by atoms with Crippen LogP contribution in [0.25, 0.3) is 0 Å². The van der Waals surface area contributed by atoms with E-state index in [-0.39, 0.29) is 0 Å². The molecule has 0 fully saturated rings. The Morgan fingerprint density at radius 1 is 1.13 bits per heavy atom. The Morgan fingerprint density at radius 3 is 1.73 bits per heavy atom. The van der Waals surface area contributed by atoms with Crippen LogP contribution in [-0.4, -0.2) is 19.5 Å². The van der Waals surface area contributed by atoms with Gasteiger partial charge in [0.1, 0.15) is 0 Å². The number of fused-ring (bicyclic) bond motifs is 1. The molecule has 0 amide bonds. The summed E-state index contributed by atoms with van der Waals surface area (Å²) in [7, 11) is 1.96. The van der Waals surface area contributed by atoms with E-state index in [2.05, 4.69) is 47.9 Å². The van der Waals surface area contributed by atoms with E-state index in [4.69, 9.17) is 4.12 Å². The maximum absolute atomic E-state index is 4.72. The van der Waals surface area contributed by atoms with Crippen LogP contribution in [0.3, 0.4) is 0 Å². The Kier molecular flexibility index (Phi) is 5.32. The van der Waals surface area contributed by atoms with Crippen molar-refractivity contribution in [3.63, 3.8) is 0 Å². The zero-order chi connectivity index (χ0) is 11.1. The third kappa shape index (κ3) is 3.62. The topological polar surface area (TPSA) is 9.23 Å². The molecule has 0 bridgehead atoms. The van der Waals surface area contributed by atoms with Gasteiger partial charge in [-0.05, 0) is 24.0 Å². The molecule has 0 aliphatic heterocycles. The van der Waals surface area contributed by atoms with E-state index in [1.54, 1.807) is 22.5 Å². The van der Waals surface area contributed by atoms with Crippen LogP contribution in [0.4, 0.5) is 0 Å². The van der Waals surface area contributed by atoms with Gasteiger partial charge in [0.25, 0.3) is 9.04 Å². The van der Waals surface area contributed by atoms with Gasteiger partial charge in [0.05, 0.1) is 0 Å². The maximum atomic E-state index is 4.72. The Morgan fingerprint density at radius 2 is 1.60 bits per heavy atom. The summed E-state index contributed by atoms with van der Waals surface area (Å²) < 4.78 is 4.72. The van der Waals surface area contributed by atoms with Crippen LogP contribution in [0, 0.1) is 0 Å². The average molecular weight is 230 g/mol. The normalized spacial score (nSPS) is 11.9. The van der Waals surface area contributed by atoms with Crippen LogP contribution < -0.4 is 0 Å². The van der Waals surface area contributed by atoms with Crippen LogP contribution in [-0.2, 0) is 17.0 Å². The van der Waals surface area contributed by atoms with Crippen molar-refractivity contribution in [2.45, 2.75) is 12.8 Å². The summed E-state index contributed by atoms with van der Waals surface area (Å²) in [6.07, 6.45) is 2.60. The molecule has 1 aromatic rings. The van der Waals surface area contributed by atoms with E-state index in [0.717, 1.165) is 0 Å². The van der Waals surface area contributed by atoms with Crippen molar-refractivity contribution in [1.82, 2.24) is 0 Å². The monoisotopic (exact) mass is 230 g/mol. The van der Waals surface area contributed by atoms with Crippen molar-refractivity contribution in [1.29, 1.82) is 0 Å². The first-order valence-corrected chi connectivity index (χ1v) is 6.81. The van der Waals surface area contributed by atoms with Crippen LogP contribution in [0.2, 0.25) is 0 Å². The van der Waals surface area contributed by atoms with E-state index in [0.29, 0.717) is 0 Å². The molecular weight excluding hydrogens is 216 g/mol. The van der Waals surface area contributed by atoms with E-state index < -0.39 is 9.04 Å². The fraction of sp³-hybridized carbons (Fsp3) is 0.167. The van der Waals surface area contributed by atoms with Crippen LogP contribution in [0.15, 0.2) is 48.8 Å². The molecule has 0 atom stereocenters. The minimum atomic E-state index is -0.921. The van der Waals surface area contributed by atoms with Crippen LogP contribution in [0.1, 0.15) is 11.1 Å². The highest BCUT2D eigenvalue weighted by atomic mass is 28.3. The SMILES string of the molecule is C=C[Si](C=C)O[Si].c1ccc2c(c1)CC2. The quantitative estimate of drug-likeness (QED) is 0.724. The lowest BCUT2D eigenvalue weighted by Crippen LogP contribution is -2.08. The number of aryl methyl sites for hydroxylation is 2. The van der Waals surface area contributed by atoms with Gasteiger partial charge in [-0.3, -0.25) is 0 Å². The highest BCUT2D eigenvalue weighted by Gasteiger charge is 2.09. The van der Waals surface area contributed by atoms with Gasteiger partial charge in [-0.25, -0.2) is 0 Å². The van der Waals surface area contributed by atoms with Gasteiger partial charge in [-0.1, -0.05) is 35.7 Å². The third-order valence-corrected chi connectivity index (χ3v) is 4.05. The first kappa shape index (κ1) is 12.2. The summed E-state index contributed by atoms with van der Waals surface area (Å²) in [5.74, 6) is 0. The van der Waals surface area contributed by atoms with Crippen molar-refractivity contribution >= 4 is 19.5 Å². The molecule has 1 nitrogen and oxygen atoms in total. The first-order valence-electron chi connectivity index (χ1n) is 4.84. The van der Waals surface area contributed by atoms with Crippen molar-refractivity contribution in [2.24, 2.45) is 0 Å². The highest BCUT2D eigenvalue weighted by Crippen LogP contribution is 2.20. The average Bonchev–Trinajstić information content (AvgIpc) is 2.24. The molecule has 3 heteroatoms. The molecule has 2 rings (SSSR count). The molecule has 0 unspecified atom stereocenters. The smallest absolute Gasteiger partial charge is 0.254 e. The fourth-order valence-electron chi connectivity index (χ4n) is 1.30. The van der Waals surface area contributed by atoms with Crippen LogP contribution in [0.5, 0.6) is 0 Å². The summed E-state index contributed by atoms with van der Waals surface area (Å²) in [6.45, 7) is 7.04. The largest absolute Gasteiger partial charge is 0.451 e. The summed E-state index contributed by atoms with van der Waals surface area (Å²) in [5, 5.41) is 0. The summed E-state index contributed by atoms with van der Waals surface area (Å²) in [5.41, 5.74) is 6.58. The Hall–Kier alpha value is -0.906. The predicted molar refractivity (Wildman–Crippen MR) is 66.8 cm³/mol. The minimum Gasteiger partial charge on any atom is -0.451 e. The van der Waals surface area contributed by atoms with Gasteiger partial charge in [-0.15, -0.1) is 13.2 Å². The second-order valence-electron chi connectivity index (χ2n) is 3.18. The van der Waals surface area contributed by atoms with Gasteiger partial charge in [0.2, 0.25) is 10.5 Å². The Bertz CT molecular complexity index is 305. The predicted octanol–water partition coefficient (Wildman–Crippen LogP) is 2.31. The van der Waals surface area contributed by atoms with Crippen molar-refractivity contribution < 1.29 is 4.12 Å². The van der Waals surface area contributed by atoms with Gasteiger partial charge >= 0.3 is 0 Å². The summed E-state index contributed by atoms with van der Waals surface area (Å²) >= 11 is 0. The lowest BCUT2D eigenvalue weighted by molar-refractivity contribution is 0.659. The zero-order valence-corrected chi connectivity index (χ0v) is 10.7. The van der Waals surface area contributed by atoms with Crippen LogP contribution >= 0.6 is 0 Å². The molecule has 0 N–H and O–H groups in total. The molecular formula is C12H14OSi2. The second-order valence-corrected chi connectivity index (χ2v) is 5.62. The number of hydrogen-bond acceptors (Lipinski definition) is 1. The van der Waals surface area contributed by atoms with Gasteiger partial charge in [0.15, 0.2) is 0 Å². The van der Waals surface area contributed by atoms with E-state index in [1.165, 1.54) is 12.8 Å². The molecule has 0 aromatic heterocycles. The molecule has 1 aromatic carbocycles. The summed E-state index contributed by atoms with van der Waals surface area (Å²) in [4.78, 5) is 0. The minimum absolute atomic E-state index is 0.921. The lowest BCUT2D eigenvalue weighted by Gasteiger charge is -2.16. The molecule has 0 heterocycles. The third-order valence-electron chi connectivity index (χ3n) is 2.30. The van der Waals surface area contributed by atoms with Gasteiger partial charge in [-0.2, -0.15) is 0 Å². The standard InChI is InChI=1S/C8H8.C4H6OSi2/c1-2-4-8-6-5-7(8)3-1;1-3-7(4-2)5-6/h1-4H,5-6H2;3-4H,1-2H2. The molecule has 4 radical (unpaired) electrons. The van der Waals surface area contributed by atoms with Crippen molar-refractivity contribution in [3.8, 4) is 0 Å². The van der Waals surface area contributed by atoms with Crippen molar-refractivity contribution in [3.05, 3.63) is 59.9 Å². The summed E-state index contributed by atoms with van der Waals surface area (Å²) in [6, 6.07) is 8.63. The second kappa shape index (κ2) is 6.55. The fourth-order valence-corrected chi connectivity index (χ4v) is 2.14. The van der Waals surface area contributed by atoms with Crippen molar-refractivity contribution in [2.75, 3.05) is 0 Å². The number of benzene rings is 1. The number of rotatable bonds is 3. The molecule has 0 saturated heterocycles. The Labute approximate surface area is 96.8 Å². The molecule has 76 valence electrons. The zero-order valence-electron chi connectivity index (χ0n) is 8.70. The van der Waals surface area contributed by atoms with E-state index in [1.807, 2.05) is 0 Å². The number of hydrogen-bond donors (Lipinski definition) is 0. The maximum Gasteiger partial charge on any atom is 0.254 e.